The molecule has 6 heteroatoms. The van der Waals surface area contributed by atoms with Crippen LogP contribution in [0.5, 0.6) is 0 Å². The van der Waals surface area contributed by atoms with Crippen molar-refractivity contribution in [3.63, 3.8) is 0 Å². The molecule has 1 amide bonds. The molecular formula is C27H30FN3O2. The van der Waals surface area contributed by atoms with E-state index in [2.05, 4.69) is 10.2 Å². The molecule has 1 heterocycles. The summed E-state index contributed by atoms with van der Waals surface area (Å²) >= 11 is 0. The second-order valence-electron chi connectivity index (χ2n) is 8.31. The molecular weight excluding hydrogens is 417 g/mol. The highest BCUT2D eigenvalue weighted by Crippen LogP contribution is 2.28. The second-order valence-corrected chi connectivity index (χ2v) is 8.31. The number of amides is 1. The van der Waals surface area contributed by atoms with E-state index in [1.54, 1.807) is 6.07 Å². The molecule has 5 nitrogen and oxygen atoms in total. The average molecular weight is 448 g/mol. The third-order valence-corrected chi connectivity index (χ3v) is 6.00. The van der Waals surface area contributed by atoms with E-state index in [9.17, 15) is 9.18 Å². The third-order valence-electron chi connectivity index (χ3n) is 6.00. The fourth-order valence-electron chi connectivity index (χ4n) is 4.19. The van der Waals surface area contributed by atoms with Crippen LogP contribution in [-0.2, 0) is 11.3 Å². The molecule has 1 aliphatic heterocycles. The maximum absolute atomic E-state index is 13.8. The predicted molar refractivity (Wildman–Crippen MR) is 130 cm³/mol. The summed E-state index contributed by atoms with van der Waals surface area (Å²) in [5.41, 5.74) is 4.30. The van der Waals surface area contributed by atoms with Gasteiger partial charge in [-0.1, -0.05) is 36.4 Å². The van der Waals surface area contributed by atoms with Gasteiger partial charge in [0.1, 0.15) is 5.82 Å². The van der Waals surface area contributed by atoms with Crippen LogP contribution in [-0.4, -0.2) is 39.6 Å². The molecule has 0 saturated heterocycles. The molecule has 33 heavy (non-hydrogen) atoms. The van der Waals surface area contributed by atoms with Gasteiger partial charge in [0.25, 0.3) is 5.91 Å². The average Bonchev–Trinajstić information content (AvgIpc) is 2.96. The number of likely N-dealkylation sites (N-methyl/N-ethyl adjacent to an activating group) is 1. The number of halogens is 1. The van der Waals surface area contributed by atoms with Gasteiger partial charge in [-0.2, -0.15) is 0 Å². The number of hydrogen-bond acceptors (Lipinski definition) is 4. The van der Waals surface area contributed by atoms with Gasteiger partial charge < -0.3 is 19.9 Å². The molecule has 0 unspecified atom stereocenters. The summed E-state index contributed by atoms with van der Waals surface area (Å²) in [5.74, 6) is -0.267. The number of nitrogens with one attached hydrogen (secondary N) is 1. The van der Waals surface area contributed by atoms with E-state index in [0.717, 1.165) is 42.0 Å². The topological polar surface area (TPSA) is 44.8 Å². The Balaban J connectivity index is 1.52. The largest absolute Gasteiger partial charge is 0.372 e. The minimum Gasteiger partial charge on any atom is -0.372 e. The van der Waals surface area contributed by atoms with Gasteiger partial charge in [0.2, 0.25) is 0 Å². The molecule has 0 saturated carbocycles. The number of para-hydroxylation sites is 1. The first kappa shape index (κ1) is 23.0. The molecule has 0 aliphatic carbocycles. The number of ether oxygens (including phenoxy) is 1. The van der Waals surface area contributed by atoms with E-state index < -0.39 is 0 Å². The van der Waals surface area contributed by atoms with Crippen LogP contribution in [0.15, 0.2) is 72.8 Å². The fourth-order valence-corrected chi connectivity index (χ4v) is 4.19. The second kappa shape index (κ2) is 10.6. The van der Waals surface area contributed by atoms with Crippen LogP contribution in [0.4, 0.5) is 15.8 Å². The molecule has 1 atom stereocenters. The van der Waals surface area contributed by atoms with Gasteiger partial charge in [-0.15, -0.1) is 0 Å². The highest BCUT2D eigenvalue weighted by Gasteiger charge is 2.25. The lowest BCUT2D eigenvalue weighted by atomic mass is 10.1. The van der Waals surface area contributed by atoms with Crippen LogP contribution in [0.2, 0.25) is 0 Å². The Kier molecular flexibility index (Phi) is 7.37. The number of hydrogen-bond donors (Lipinski definition) is 1. The molecule has 1 N–H and O–H groups in total. The van der Waals surface area contributed by atoms with Crippen LogP contribution >= 0.6 is 0 Å². The maximum Gasteiger partial charge on any atom is 0.260 e. The van der Waals surface area contributed by atoms with Gasteiger partial charge in [-0.3, -0.25) is 4.79 Å². The smallest absolute Gasteiger partial charge is 0.260 e. The number of rotatable bonds is 8. The molecule has 172 valence electrons. The van der Waals surface area contributed by atoms with Crippen molar-refractivity contribution in [2.45, 2.75) is 19.1 Å². The van der Waals surface area contributed by atoms with Crippen LogP contribution in [0, 0.1) is 5.82 Å². The highest BCUT2D eigenvalue weighted by atomic mass is 19.1. The zero-order chi connectivity index (χ0) is 23.2. The van der Waals surface area contributed by atoms with Crippen molar-refractivity contribution >= 4 is 17.3 Å². The molecule has 0 fully saturated rings. The number of benzene rings is 3. The number of fused-ring (bicyclic) bond motifs is 1. The monoisotopic (exact) mass is 447 g/mol. The Morgan fingerprint density at radius 3 is 2.67 bits per heavy atom. The number of carbonyl (C=O) groups is 1. The first-order valence-corrected chi connectivity index (χ1v) is 11.3. The molecule has 0 bridgehead atoms. The van der Waals surface area contributed by atoms with Crippen molar-refractivity contribution in [3.05, 3.63) is 95.3 Å². The Hall–Kier alpha value is -3.22. The molecule has 0 aromatic heterocycles. The molecule has 4 rings (SSSR count). The minimum absolute atomic E-state index is 0.000300. The summed E-state index contributed by atoms with van der Waals surface area (Å²) in [6.07, 6.45) is 0.505. The summed E-state index contributed by atoms with van der Waals surface area (Å²) in [7, 11) is 3.90. The van der Waals surface area contributed by atoms with Crippen LogP contribution < -0.4 is 15.1 Å². The summed E-state index contributed by atoms with van der Waals surface area (Å²) in [4.78, 5) is 17.3. The Bertz CT molecular complexity index is 1100. The van der Waals surface area contributed by atoms with Crippen molar-refractivity contribution in [2.75, 3.05) is 43.5 Å². The third kappa shape index (κ3) is 5.41. The lowest BCUT2D eigenvalue weighted by Crippen LogP contribution is -2.33. The fraction of sp³-hybridized carbons (Fsp3) is 0.296. The Morgan fingerprint density at radius 2 is 1.85 bits per heavy atom. The SMILES string of the molecule is CNCC[C@H](OCc1cccc(N2CCN(C)c3ccccc3C2=O)c1)c1cccc(F)c1. The minimum atomic E-state index is -0.266. The summed E-state index contributed by atoms with van der Waals surface area (Å²) in [6, 6.07) is 22.2. The van der Waals surface area contributed by atoms with Crippen molar-refractivity contribution < 1.29 is 13.9 Å². The summed E-state index contributed by atoms with van der Waals surface area (Å²) in [6.45, 7) is 2.48. The van der Waals surface area contributed by atoms with Crippen LogP contribution in [0.25, 0.3) is 0 Å². The van der Waals surface area contributed by atoms with Gasteiger partial charge in [0.05, 0.1) is 18.3 Å². The van der Waals surface area contributed by atoms with E-state index in [1.807, 2.05) is 73.6 Å². The molecule has 0 radical (unpaired) electrons. The quantitative estimate of drug-likeness (QED) is 0.539. The Labute approximate surface area is 194 Å². The Morgan fingerprint density at radius 1 is 1.03 bits per heavy atom. The normalized spacial score (nSPS) is 14.7. The predicted octanol–water partition coefficient (Wildman–Crippen LogP) is 4.79. The zero-order valence-electron chi connectivity index (χ0n) is 19.1. The van der Waals surface area contributed by atoms with Crippen molar-refractivity contribution in [2.24, 2.45) is 0 Å². The van der Waals surface area contributed by atoms with Crippen LogP contribution in [0.3, 0.4) is 0 Å². The zero-order valence-corrected chi connectivity index (χ0v) is 19.1. The first-order valence-electron chi connectivity index (χ1n) is 11.3. The molecule has 3 aromatic rings. The summed E-state index contributed by atoms with van der Waals surface area (Å²) in [5, 5.41) is 3.13. The lowest BCUT2D eigenvalue weighted by molar-refractivity contribution is 0.0342. The van der Waals surface area contributed by atoms with Gasteiger partial charge in [0, 0.05) is 31.5 Å². The van der Waals surface area contributed by atoms with Gasteiger partial charge in [0.15, 0.2) is 0 Å². The number of nitrogens with zero attached hydrogens (tertiary/aromatic N) is 2. The van der Waals surface area contributed by atoms with Gasteiger partial charge in [-0.05, 0) is 67.5 Å². The number of anilines is 2. The molecule has 0 spiro atoms. The standard InChI is InChI=1S/C27H30FN3O2/c1-29-14-13-26(21-8-6-9-22(28)18-21)33-19-20-7-5-10-23(17-20)31-16-15-30(2)25-12-4-3-11-24(25)27(31)32/h3-12,17-18,26,29H,13-16,19H2,1-2H3/t26-/m0/s1. The van der Waals surface area contributed by atoms with Crippen LogP contribution in [0.1, 0.15) is 34.0 Å². The molecule has 1 aliphatic rings. The van der Waals surface area contributed by atoms with Gasteiger partial charge in [-0.25, -0.2) is 4.39 Å². The van der Waals surface area contributed by atoms with E-state index in [0.29, 0.717) is 18.7 Å². The lowest BCUT2D eigenvalue weighted by Gasteiger charge is -2.23. The van der Waals surface area contributed by atoms with Crippen molar-refractivity contribution in [1.82, 2.24) is 5.32 Å². The first-order chi connectivity index (χ1) is 16.1. The van der Waals surface area contributed by atoms with E-state index in [-0.39, 0.29) is 17.8 Å². The van der Waals surface area contributed by atoms with Gasteiger partial charge >= 0.3 is 0 Å². The van der Waals surface area contributed by atoms with E-state index in [1.165, 1.54) is 12.1 Å². The van der Waals surface area contributed by atoms with E-state index >= 15 is 0 Å². The highest BCUT2D eigenvalue weighted by molar-refractivity contribution is 6.10. The van der Waals surface area contributed by atoms with Crippen molar-refractivity contribution in [1.29, 1.82) is 0 Å². The molecule has 3 aromatic carbocycles. The summed E-state index contributed by atoms with van der Waals surface area (Å²) < 4.78 is 20.0. The maximum atomic E-state index is 13.8. The van der Waals surface area contributed by atoms with Crippen molar-refractivity contribution in [3.8, 4) is 0 Å². The number of carbonyl (C=O) groups excluding carboxylic acids is 1. The van der Waals surface area contributed by atoms with E-state index in [4.69, 9.17) is 4.74 Å².